The maximum atomic E-state index is 15.7. The van der Waals surface area contributed by atoms with Crippen LogP contribution in [0.1, 0.15) is 54.6 Å². The zero-order valence-electron chi connectivity index (χ0n) is 22.5. The van der Waals surface area contributed by atoms with Crippen LogP contribution < -0.4 is 10.9 Å². The van der Waals surface area contributed by atoms with Crippen molar-refractivity contribution in [2.75, 3.05) is 20.3 Å². The Morgan fingerprint density at radius 2 is 2.05 bits per heavy atom. The average molecular weight is 547 g/mol. The molecule has 0 radical (unpaired) electrons. The van der Waals surface area contributed by atoms with Gasteiger partial charge in [0.25, 0.3) is 5.56 Å². The summed E-state index contributed by atoms with van der Waals surface area (Å²) in [4.78, 5) is 34.4. The number of benzene rings is 2. The van der Waals surface area contributed by atoms with Crippen LogP contribution in [0.3, 0.4) is 0 Å². The zero-order chi connectivity index (χ0) is 28.1. The first-order valence-corrected chi connectivity index (χ1v) is 13.3. The number of carbonyl (C=O) groups is 1. The Labute approximate surface area is 230 Å². The molecule has 4 aromatic rings. The minimum atomic E-state index is -0.445. The second kappa shape index (κ2) is 12.2. The second-order valence-corrected chi connectivity index (χ2v) is 9.58. The summed E-state index contributed by atoms with van der Waals surface area (Å²) in [5.41, 5.74) is 3.32. The third-order valence-electron chi connectivity index (χ3n) is 7.16. The van der Waals surface area contributed by atoms with E-state index in [9.17, 15) is 9.59 Å². The molecule has 11 heteroatoms. The van der Waals surface area contributed by atoms with E-state index in [1.807, 2.05) is 19.1 Å². The predicted molar refractivity (Wildman–Crippen MR) is 148 cm³/mol. The second-order valence-electron chi connectivity index (χ2n) is 9.58. The molecule has 0 unspecified atom stereocenters. The monoisotopic (exact) mass is 546 g/mol. The Morgan fingerprint density at radius 3 is 2.77 bits per heavy atom. The molecule has 1 aliphatic rings. The van der Waals surface area contributed by atoms with Gasteiger partial charge in [0.05, 0.1) is 5.69 Å². The van der Waals surface area contributed by atoms with E-state index in [2.05, 4.69) is 20.6 Å². The number of aryl methyl sites for hydroxylation is 1. The van der Waals surface area contributed by atoms with Crippen LogP contribution in [0.2, 0.25) is 0 Å². The summed E-state index contributed by atoms with van der Waals surface area (Å²) in [6.45, 7) is 3.17. The Bertz CT molecular complexity index is 1610. The van der Waals surface area contributed by atoms with Crippen molar-refractivity contribution in [3.8, 4) is 11.1 Å². The molecule has 1 saturated heterocycles. The topological polar surface area (TPSA) is 112 Å². The van der Waals surface area contributed by atoms with Gasteiger partial charge in [-0.1, -0.05) is 54.9 Å². The molecule has 2 aromatic heterocycles. The SMILES string of the molecule is CCCc1c(Cc2ccc(-c3ccccc3/C(=N/OC)NC=O)cc2F)c(=O)n(C2CCOCC2)c2ncnn12. The summed E-state index contributed by atoms with van der Waals surface area (Å²) in [7, 11) is 1.38. The lowest BCUT2D eigenvalue weighted by atomic mass is 9.95. The van der Waals surface area contributed by atoms with Gasteiger partial charge in [0, 0.05) is 36.8 Å². The number of hydrogen-bond donors (Lipinski definition) is 1. The molecule has 5 rings (SSSR count). The van der Waals surface area contributed by atoms with Crippen LogP contribution in [-0.4, -0.2) is 51.7 Å². The number of ether oxygens (including phenoxy) is 1. The highest BCUT2D eigenvalue weighted by atomic mass is 19.1. The van der Waals surface area contributed by atoms with E-state index in [0.717, 1.165) is 12.1 Å². The zero-order valence-corrected chi connectivity index (χ0v) is 22.5. The Morgan fingerprint density at radius 1 is 1.25 bits per heavy atom. The largest absolute Gasteiger partial charge is 0.397 e. The number of hydrogen-bond acceptors (Lipinski definition) is 7. The van der Waals surface area contributed by atoms with Gasteiger partial charge in [-0.2, -0.15) is 10.1 Å². The van der Waals surface area contributed by atoms with Gasteiger partial charge in [0.2, 0.25) is 12.2 Å². The van der Waals surface area contributed by atoms with E-state index in [1.165, 1.54) is 19.5 Å². The van der Waals surface area contributed by atoms with E-state index in [-0.39, 0.29) is 23.9 Å². The van der Waals surface area contributed by atoms with Gasteiger partial charge < -0.3 is 14.9 Å². The van der Waals surface area contributed by atoms with Gasteiger partial charge in [0.15, 0.2) is 5.84 Å². The van der Waals surface area contributed by atoms with Crippen LogP contribution in [0.5, 0.6) is 0 Å². The number of amides is 1. The van der Waals surface area contributed by atoms with Crippen molar-refractivity contribution in [3.63, 3.8) is 0 Å². The number of amidine groups is 1. The van der Waals surface area contributed by atoms with Crippen LogP contribution >= 0.6 is 0 Å². The highest BCUT2D eigenvalue weighted by Gasteiger charge is 2.25. The molecule has 1 amide bonds. The summed E-state index contributed by atoms with van der Waals surface area (Å²) in [5, 5.41) is 10.9. The molecular weight excluding hydrogens is 515 g/mol. The van der Waals surface area contributed by atoms with E-state index < -0.39 is 5.82 Å². The molecule has 1 aliphatic heterocycles. The van der Waals surface area contributed by atoms with Crippen molar-refractivity contribution < 1.29 is 18.8 Å². The van der Waals surface area contributed by atoms with Crippen molar-refractivity contribution in [1.29, 1.82) is 0 Å². The molecule has 0 spiro atoms. The molecule has 3 heterocycles. The average Bonchev–Trinajstić information content (AvgIpc) is 3.45. The summed E-state index contributed by atoms with van der Waals surface area (Å²) in [5.74, 6) is 0.268. The number of fused-ring (bicyclic) bond motifs is 1. The number of halogens is 1. The van der Waals surface area contributed by atoms with Gasteiger partial charge in [0.1, 0.15) is 19.3 Å². The van der Waals surface area contributed by atoms with Gasteiger partial charge in [-0.3, -0.25) is 14.2 Å². The fourth-order valence-electron chi connectivity index (χ4n) is 5.31. The molecule has 0 aliphatic carbocycles. The predicted octanol–water partition coefficient (Wildman–Crippen LogP) is 3.65. The lowest BCUT2D eigenvalue weighted by Crippen LogP contribution is -2.34. The number of carbonyl (C=O) groups excluding carboxylic acids is 1. The first kappa shape index (κ1) is 27.2. The summed E-state index contributed by atoms with van der Waals surface area (Å²) < 4.78 is 24.7. The van der Waals surface area contributed by atoms with Crippen molar-refractivity contribution in [1.82, 2.24) is 24.5 Å². The molecule has 0 saturated carbocycles. The first-order chi connectivity index (χ1) is 19.6. The van der Waals surface area contributed by atoms with Crippen molar-refractivity contribution in [2.45, 2.75) is 45.1 Å². The van der Waals surface area contributed by atoms with Crippen LogP contribution in [0.25, 0.3) is 16.9 Å². The molecule has 1 fully saturated rings. The van der Waals surface area contributed by atoms with Crippen LogP contribution in [0.4, 0.5) is 4.39 Å². The minimum Gasteiger partial charge on any atom is -0.397 e. The van der Waals surface area contributed by atoms with Crippen molar-refractivity contribution in [2.24, 2.45) is 5.16 Å². The molecule has 208 valence electrons. The fraction of sp³-hybridized carbons (Fsp3) is 0.345. The molecular formula is C29H31FN6O4. The van der Waals surface area contributed by atoms with Gasteiger partial charge in [-0.15, -0.1) is 0 Å². The third kappa shape index (κ3) is 5.24. The van der Waals surface area contributed by atoms with Crippen molar-refractivity contribution in [3.05, 3.63) is 87.3 Å². The summed E-state index contributed by atoms with van der Waals surface area (Å²) >= 11 is 0. The standard InChI is InChI=1S/C29H31FN6O4/c1-3-6-26-24(28(38)35(21-11-13-40-14-12-21)29-31-17-33-36(26)29)15-20-10-9-19(16-25(20)30)22-7-4-5-8-23(22)27(32-18-37)34-39-2/h4-5,7-10,16-18,21H,3,6,11-15H2,1-2H3,(H,32,34,37). The molecule has 2 aromatic carbocycles. The Kier molecular flexibility index (Phi) is 8.30. The normalized spacial score (nSPS) is 14.4. The highest BCUT2D eigenvalue weighted by molar-refractivity contribution is 6.08. The minimum absolute atomic E-state index is 0.0611. The van der Waals surface area contributed by atoms with E-state index in [0.29, 0.717) is 72.5 Å². The third-order valence-corrected chi connectivity index (χ3v) is 7.16. The number of nitrogens with zero attached hydrogens (tertiary/aromatic N) is 5. The Hall–Kier alpha value is -4.38. The van der Waals surface area contributed by atoms with E-state index in [1.54, 1.807) is 33.3 Å². The smallest absolute Gasteiger partial charge is 0.259 e. The van der Waals surface area contributed by atoms with Gasteiger partial charge in [-0.25, -0.2) is 8.91 Å². The van der Waals surface area contributed by atoms with Crippen molar-refractivity contribution >= 4 is 18.0 Å². The van der Waals surface area contributed by atoms with Crippen LogP contribution in [-0.2, 0) is 27.2 Å². The quantitative estimate of drug-likeness (QED) is 0.149. The molecule has 40 heavy (non-hydrogen) atoms. The number of aromatic nitrogens is 4. The van der Waals surface area contributed by atoms with Crippen LogP contribution in [0.15, 0.2) is 58.7 Å². The maximum absolute atomic E-state index is 15.7. The van der Waals surface area contributed by atoms with Gasteiger partial charge in [-0.05, 0) is 42.0 Å². The maximum Gasteiger partial charge on any atom is 0.259 e. The molecule has 1 N–H and O–H groups in total. The lowest BCUT2D eigenvalue weighted by molar-refractivity contribution is -0.108. The first-order valence-electron chi connectivity index (χ1n) is 13.3. The van der Waals surface area contributed by atoms with E-state index >= 15 is 4.39 Å². The Balaban J connectivity index is 1.57. The number of oxime groups is 1. The summed E-state index contributed by atoms with van der Waals surface area (Å²) in [6.07, 6.45) is 4.88. The number of rotatable bonds is 9. The van der Waals surface area contributed by atoms with Gasteiger partial charge >= 0.3 is 0 Å². The lowest BCUT2D eigenvalue weighted by Gasteiger charge is -2.26. The fourth-order valence-corrected chi connectivity index (χ4v) is 5.31. The van der Waals surface area contributed by atoms with Crippen LogP contribution in [0, 0.1) is 5.82 Å². The molecule has 10 nitrogen and oxygen atoms in total. The number of nitrogens with one attached hydrogen (secondary N) is 1. The summed E-state index contributed by atoms with van der Waals surface area (Å²) in [6, 6.07) is 12.1. The molecule has 0 atom stereocenters. The highest BCUT2D eigenvalue weighted by Crippen LogP contribution is 2.28. The molecule has 0 bridgehead atoms. The van der Waals surface area contributed by atoms with E-state index in [4.69, 9.17) is 9.57 Å².